The second-order valence-electron chi connectivity index (χ2n) is 4.58. The van der Waals surface area contributed by atoms with Gasteiger partial charge in [0.15, 0.2) is 0 Å². The minimum atomic E-state index is -0.0119. The standard InChI is InChI=1S/C15H23NO2/c1-5-7-12(4)16-15(17)13-8-9-14(18-6-2)11(3)10-13/h8-10,12H,5-7H2,1-4H3,(H,16,17)/t12-/m1/s1. The van der Waals surface area contributed by atoms with Crippen LogP contribution in [0.2, 0.25) is 0 Å². The number of carbonyl (C=O) groups is 1. The van der Waals surface area contributed by atoms with Crippen molar-refractivity contribution < 1.29 is 9.53 Å². The summed E-state index contributed by atoms with van der Waals surface area (Å²) in [6, 6.07) is 5.76. The Bertz CT molecular complexity index is 401. The summed E-state index contributed by atoms with van der Waals surface area (Å²) in [5.41, 5.74) is 1.69. The fraction of sp³-hybridized carbons (Fsp3) is 0.533. The molecule has 0 saturated heterocycles. The van der Waals surface area contributed by atoms with Crippen LogP contribution in [0.25, 0.3) is 0 Å². The number of nitrogens with one attached hydrogen (secondary N) is 1. The highest BCUT2D eigenvalue weighted by molar-refractivity contribution is 5.94. The molecule has 1 rings (SSSR count). The van der Waals surface area contributed by atoms with Crippen molar-refractivity contribution in [1.29, 1.82) is 0 Å². The van der Waals surface area contributed by atoms with Crippen molar-refractivity contribution in [2.24, 2.45) is 0 Å². The van der Waals surface area contributed by atoms with Gasteiger partial charge in [-0.2, -0.15) is 0 Å². The van der Waals surface area contributed by atoms with Gasteiger partial charge in [0.05, 0.1) is 6.61 Å². The highest BCUT2D eigenvalue weighted by atomic mass is 16.5. The lowest BCUT2D eigenvalue weighted by Gasteiger charge is -2.14. The lowest BCUT2D eigenvalue weighted by Crippen LogP contribution is -2.32. The Morgan fingerprint density at radius 1 is 1.39 bits per heavy atom. The van der Waals surface area contributed by atoms with Gasteiger partial charge in [0.25, 0.3) is 5.91 Å². The molecule has 3 nitrogen and oxygen atoms in total. The molecule has 1 amide bonds. The Labute approximate surface area is 110 Å². The van der Waals surface area contributed by atoms with Gasteiger partial charge in [-0.15, -0.1) is 0 Å². The number of rotatable bonds is 6. The molecule has 18 heavy (non-hydrogen) atoms. The van der Waals surface area contributed by atoms with Gasteiger partial charge in [-0.3, -0.25) is 4.79 Å². The molecule has 1 aromatic rings. The van der Waals surface area contributed by atoms with E-state index >= 15 is 0 Å². The van der Waals surface area contributed by atoms with Crippen molar-refractivity contribution in [1.82, 2.24) is 5.32 Å². The quantitative estimate of drug-likeness (QED) is 0.840. The van der Waals surface area contributed by atoms with Crippen molar-refractivity contribution in [2.75, 3.05) is 6.61 Å². The highest BCUT2D eigenvalue weighted by Crippen LogP contribution is 2.19. The van der Waals surface area contributed by atoms with Crippen LogP contribution in [0.15, 0.2) is 18.2 Å². The fourth-order valence-corrected chi connectivity index (χ4v) is 1.92. The zero-order valence-corrected chi connectivity index (χ0v) is 11.7. The Hall–Kier alpha value is -1.51. The lowest BCUT2D eigenvalue weighted by molar-refractivity contribution is 0.0938. The normalized spacial score (nSPS) is 12.0. The summed E-state index contributed by atoms with van der Waals surface area (Å²) in [6.07, 6.45) is 2.07. The molecule has 0 unspecified atom stereocenters. The molecule has 0 aliphatic rings. The van der Waals surface area contributed by atoms with Crippen LogP contribution >= 0.6 is 0 Å². The molecule has 0 radical (unpaired) electrons. The van der Waals surface area contributed by atoms with Crippen molar-refractivity contribution in [3.8, 4) is 5.75 Å². The molecule has 0 aliphatic carbocycles. The van der Waals surface area contributed by atoms with Gasteiger partial charge >= 0.3 is 0 Å². The van der Waals surface area contributed by atoms with Gasteiger partial charge in [-0.1, -0.05) is 13.3 Å². The molecule has 1 aromatic carbocycles. The summed E-state index contributed by atoms with van der Waals surface area (Å²) in [5, 5.41) is 3.00. The summed E-state index contributed by atoms with van der Waals surface area (Å²) in [7, 11) is 0. The molecule has 1 atom stereocenters. The second-order valence-corrected chi connectivity index (χ2v) is 4.58. The minimum absolute atomic E-state index is 0.0119. The maximum Gasteiger partial charge on any atom is 0.251 e. The topological polar surface area (TPSA) is 38.3 Å². The average Bonchev–Trinajstić information content (AvgIpc) is 2.32. The predicted molar refractivity (Wildman–Crippen MR) is 74.2 cm³/mol. The Kier molecular flexibility index (Phi) is 5.69. The molecule has 1 N–H and O–H groups in total. The Balaban J connectivity index is 2.72. The zero-order valence-electron chi connectivity index (χ0n) is 11.7. The molecule has 3 heteroatoms. The van der Waals surface area contributed by atoms with Gasteiger partial charge in [0, 0.05) is 11.6 Å². The minimum Gasteiger partial charge on any atom is -0.494 e. The van der Waals surface area contributed by atoms with E-state index in [1.54, 1.807) is 0 Å². The monoisotopic (exact) mass is 249 g/mol. The van der Waals surface area contributed by atoms with Crippen LogP contribution in [0.3, 0.4) is 0 Å². The van der Waals surface area contributed by atoms with Crippen molar-refractivity contribution in [2.45, 2.75) is 46.6 Å². The van der Waals surface area contributed by atoms with Crippen molar-refractivity contribution >= 4 is 5.91 Å². The van der Waals surface area contributed by atoms with Crippen molar-refractivity contribution in [3.05, 3.63) is 29.3 Å². The maximum absolute atomic E-state index is 12.0. The molecule has 0 fully saturated rings. The van der Waals surface area contributed by atoms with Gasteiger partial charge in [-0.05, 0) is 51.0 Å². The molecule has 0 spiro atoms. The third kappa shape index (κ3) is 4.06. The molecule has 0 saturated carbocycles. The number of carbonyl (C=O) groups excluding carboxylic acids is 1. The van der Waals surface area contributed by atoms with Crippen LogP contribution in [0.5, 0.6) is 5.75 Å². The number of ether oxygens (including phenoxy) is 1. The molecule has 0 aromatic heterocycles. The molecular weight excluding hydrogens is 226 g/mol. The summed E-state index contributed by atoms with van der Waals surface area (Å²) in [6.45, 7) is 8.69. The maximum atomic E-state index is 12.0. The summed E-state index contributed by atoms with van der Waals surface area (Å²) >= 11 is 0. The van der Waals surface area contributed by atoms with E-state index in [1.807, 2.05) is 39.0 Å². The predicted octanol–water partition coefficient (Wildman–Crippen LogP) is 3.31. The van der Waals surface area contributed by atoms with Gasteiger partial charge in [-0.25, -0.2) is 0 Å². The van der Waals surface area contributed by atoms with E-state index in [4.69, 9.17) is 4.74 Å². The first-order valence-corrected chi connectivity index (χ1v) is 6.62. The average molecular weight is 249 g/mol. The van der Waals surface area contributed by atoms with E-state index < -0.39 is 0 Å². The van der Waals surface area contributed by atoms with E-state index in [0.29, 0.717) is 12.2 Å². The van der Waals surface area contributed by atoms with E-state index in [0.717, 1.165) is 24.2 Å². The Morgan fingerprint density at radius 2 is 2.11 bits per heavy atom. The fourth-order valence-electron chi connectivity index (χ4n) is 1.92. The number of aryl methyl sites for hydroxylation is 1. The third-order valence-corrected chi connectivity index (χ3v) is 2.84. The molecule has 0 heterocycles. The molecular formula is C15H23NO2. The second kappa shape index (κ2) is 7.04. The summed E-state index contributed by atoms with van der Waals surface area (Å²) < 4.78 is 5.46. The molecule has 0 bridgehead atoms. The van der Waals surface area contributed by atoms with E-state index in [2.05, 4.69) is 12.2 Å². The first-order valence-electron chi connectivity index (χ1n) is 6.62. The van der Waals surface area contributed by atoms with Crippen LogP contribution in [0, 0.1) is 6.92 Å². The van der Waals surface area contributed by atoms with Crippen molar-refractivity contribution in [3.63, 3.8) is 0 Å². The van der Waals surface area contributed by atoms with Crippen LogP contribution in [0.1, 0.15) is 49.5 Å². The molecule has 0 aliphatic heterocycles. The largest absolute Gasteiger partial charge is 0.494 e. The van der Waals surface area contributed by atoms with Gasteiger partial charge in [0.1, 0.15) is 5.75 Å². The SMILES string of the molecule is CCC[C@@H](C)NC(=O)c1ccc(OCC)c(C)c1. The first-order chi connectivity index (χ1) is 8.58. The van der Waals surface area contributed by atoms with Crippen LogP contribution in [-0.4, -0.2) is 18.6 Å². The summed E-state index contributed by atoms with van der Waals surface area (Å²) in [4.78, 5) is 12.0. The first kappa shape index (κ1) is 14.6. The van der Waals surface area contributed by atoms with Gasteiger partial charge < -0.3 is 10.1 Å². The smallest absolute Gasteiger partial charge is 0.251 e. The molecule has 100 valence electrons. The van der Waals surface area contributed by atoms with E-state index in [-0.39, 0.29) is 11.9 Å². The Morgan fingerprint density at radius 3 is 2.67 bits per heavy atom. The third-order valence-electron chi connectivity index (χ3n) is 2.84. The zero-order chi connectivity index (χ0) is 13.5. The van der Waals surface area contributed by atoms with E-state index in [9.17, 15) is 4.79 Å². The number of amides is 1. The van der Waals surface area contributed by atoms with Gasteiger partial charge in [0.2, 0.25) is 0 Å². The number of hydrogen-bond acceptors (Lipinski definition) is 2. The summed E-state index contributed by atoms with van der Waals surface area (Å²) in [5.74, 6) is 0.831. The van der Waals surface area contributed by atoms with Crippen LogP contribution in [0.4, 0.5) is 0 Å². The lowest BCUT2D eigenvalue weighted by atomic mass is 10.1. The highest BCUT2D eigenvalue weighted by Gasteiger charge is 2.10. The number of benzene rings is 1. The number of hydrogen-bond donors (Lipinski definition) is 1. The van der Waals surface area contributed by atoms with Crippen LogP contribution in [-0.2, 0) is 0 Å². The van der Waals surface area contributed by atoms with Crippen LogP contribution < -0.4 is 10.1 Å². The van der Waals surface area contributed by atoms with E-state index in [1.165, 1.54) is 0 Å².